The van der Waals surface area contributed by atoms with Gasteiger partial charge in [0.05, 0.1) is 17.7 Å². The van der Waals surface area contributed by atoms with Crippen LogP contribution in [0.4, 0.5) is 0 Å². The summed E-state index contributed by atoms with van der Waals surface area (Å²) in [6.45, 7) is 1.98. The maximum Gasteiger partial charge on any atom is 0.203 e. The van der Waals surface area contributed by atoms with Crippen molar-refractivity contribution in [2.75, 3.05) is 0 Å². The Morgan fingerprint density at radius 2 is 2.09 bits per heavy atom. The highest BCUT2D eigenvalue weighted by Crippen LogP contribution is 2.26. The summed E-state index contributed by atoms with van der Waals surface area (Å²) in [6, 6.07) is 8.47. The second kappa shape index (κ2) is 6.45. The Morgan fingerprint density at radius 1 is 1.32 bits per heavy atom. The summed E-state index contributed by atoms with van der Waals surface area (Å²) in [4.78, 5) is 5.87. The van der Waals surface area contributed by atoms with Gasteiger partial charge in [-0.05, 0) is 31.4 Å². The van der Waals surface area contributed by atoms with Crippen molar-refractivity contribution in [2.24, 2.45) is 12.0 Å². The molecule has 1 aliphatic carbocycles. The van der Waals surface area contributed by atoms with E-state index >= 15 is 0 Å². The molecule has 22 heavy (non-hydrogen) atoms. The highest BCUT2D eigenvalue weighted by Gasteiger charge is 2.14. The lowest BCUT2D eigenvalue weighted by atomic mass is 9.96. The third-order valence-corrected chi connectivity index (χ3v) is 5.31. The molecule has 4 nitrogen and oxygen atoms in total. The summed E-state index contributed by atoms with van der Waals surface area (Å²) < 4.78 is 1.87. The van der Waals surface area contributed by atoms with E-state index in [1.165, 1.54) is 32.1 Å². The minimum absolute atomic E-state index is 0.444. The van der Waals surface area contributed by atoms with Crippen LogP contribution in [0.3, 0.4) is 0 Å². The van der Waals surface area contributed by atoms with Crippen LogP contribution >= 0.6 is 11.3 Å². The molecule has 1 fully saturated rings. The molecule has 0 amide bonds. The van der Waals surface area contributed by atoms with Crippen LogP contribution < -0.4 is 4.80 Å². The summed E-state index contributed by atoms with van der Waals surface area (Å²) in [5.74, 6) is 0. The van der Waals surface area contributed by atoms with E-state index in [9.17, 15) is 5.26 Å². The van der Waals surface area contributed by atoms with Crippen molar-refractivity contribution in [1.29, 1.82) is 5.26 Å². The van der Waals surface area contributed by atoms with Gasteiger partial charge in [-0.3, -0.25) is 4.99 Å². The molecule has 3 rings (SSSR count). The normalized spacial score (nSPS) is 16.7. The topological polar surface area (TPSA) is 54.0 Å². The molecule has 1 aromatic heterocycles. The molecule has 2 aromatic rings. The van der Waals surface area contributed by atoms with Crippen LogP contribution in [0.25, 0.3) is 10.6 Å². The zero-order valence-corrected chi connectivity index (χ0v) is 13.9. The number of rotatable bonds is 2. The van der Waals surface area contributed by atoms with Crippen LogP contribution in [-0.2, 0) is 7.05 Å². The average Bonchev–Trinajstić information content (AvgIpc) is 2.89. The second-order valence-corrected chi connectivity index (χ2v) is 6.78. The largest absolute Gasteiger partial charge is 0.254 e. The van der Waals surface area contributed by atoms with E-state index in [0.29, 0.717) is 11.6 Å². The number of hydrogen-bond acceptors (Lipinski definition) is 4. The van der Waals surface area contributed by atoms with Crippen molar-refractivity contribution in [2.45, 2.75) is 45.1 Å². The molecule has 0 bridgehead atoms. The number of aromatic nitrogens is 2. The first-order chi connectivity index (χ1) is 10.7. The molecule has 0 spiro atoms. The van der Waals surface area contributed by atoms with Gasteiger partial charge in [-0.25, -0.2) is 4.68 Å². The fourth-order valence-corrected chi connectivity index (χ4v) is 3.97. The van der Waals surface area contributed by atoms with Gasteiger partial charge in [-0.1, -0.05) is 42.7 Å². The van der Waals surface area contributed by atoms with Gasteiger partial charge in [0, 0.05) is 12.6 Å². The molecule has 114 valence electrons. The standard InChI is InChI=1S/C17H20N4S/c1-12-13(11-18)7-6-10-15(12)16-20-21(2)17(22-16)19-14-8-4-3-5-9-14/h6-7,10,14H,3-5,8-9H2,1-2H3. The quantitative estimate of drug-likeness (QED) is 0.851. The van der Waals surface area contributed by atoms with Crippen molar-refractivity contribution < 1.29 is 0 Å². The molecule has 1 saturated carbocycles. The predicted molar refractivity (Wildman–Crippen MR) is 88.4 cm³/mol. The molecule has 0 unspecified atom stereocenters. The van der Waals surface area contributed by atoms with Crippen molar-refractivity contribution in [3.63, 3.8) is 0 Å². The Hall–Kier alpha value is -1.93. The lowest BCUT2D eigenvalue weighted by Gasteiger charge is -2.16. The van der Waals surface area contributed by atoms with E-state index in [2.05, 4.69) is 11.2 Å². The van der Waals surface area contributed by atoms with E-state index in [0.717, 1.165) is 20.9 Å². The highest BCUT2D eigenvalue weighted by atomic mass is 32.1. The number of hydrogen-bond donors (Lipinski definition) is 0. The minimum Gasteiger partial charge on any atom is -0.254 e. The maximum absolute atomic E-state index is 9.18. The smallest absolute Gasteiger partial charge is 0.203 e. The lowest BCUT2D eigenvalue weighted by molar-refractivity contribution is 0.434. The summed E-state index contributed by atoms with van der Waals surface area (Å²) in [7, 11) is 1.95. The van der Waals surface area contributed by atoms with Crippen LogP contribution in [0.2, 0.25) is 0 Å². The maximum atomic E-state index is 9.18. The van der Waals surface area contributed by atoms with Gasteiger partial charge in [0.2, 0.25) is 4.80 Å². The summed E-state index contributed by atoms with van der Waals surface area (Å²) >= 11 is 1.62. The number of nitriles is 1. The molecular formula is C17H20N4S. The van der Waals surface area contributed by atoms with Crippen LogP contribution in [0.15, 0.2) is 23.2 Å². The molecule has 5 heteroatoms. The van der Waals surface area contributed by atoms with Gasteiger partial charge in [-0.2, -0.15) is 10.4 Å². The molecular weight excluding hydrogens is 292 g/mol. The Kier molecular flexibility index (Phi) is 4.39. The lowest BCUT2D eigenvalue weighted by Crippen LogP contribution is -2.18. The Morgan fingerprint density at radius 3 is 2.82 bits per heavy atom. The summed E-state index contributed by atoms with van der Waals surface area (Å²) in [5.41, 5.74) is 2.73. The zero-order valence-electron chi connectivity index (χ0n) is 13.0. The van der Waals surface area contributed by atoms with Crippen molar-refractivity contribution in [3.05, 3.63) is 34.1 Å². The molecule has 0 aliphatic heterocycles. The molecule has 0 saturated heterocycles. The SMILES string of the molecule is Cc1c(C#N)cccc1-c1nn(C)c(=NC2CCCCC2)s1. The molecule has 1 aromatic carbocycles. The van der Waals surface area contributed by atoms with Crippen LogP contribution in [0.1, 0.15) is 43.2 Å². The Bertz CT molecular complexity index is 773. The van der Waals surface area contributed by atoms with Gasteiger partial charge in [-0.15, -0.1) is 0 Å². The predicted octanol–water partition coefficient (Wildman–Crippen LogP) is 3.56. The first kappa shape index (κ1) is 15.0. The van der Waals surface area contributed by atoms with Crippen molar-refractivity contribution >= 4 is 11.3 Å². The summed E-state index contributed by atoms with van der Waals surface area (Å²) in [5, 5.41) is 14.7. The Balaban J connectivity index is 1.99. The minimum atomic E-state index is 0.444. The van der Waals surface area contributed by atoms with Crippen LogP contribution in [0.5, 0.6) is 0 Å². The van der Waals surface area contributed by atoms with Crippen LogP contribution in [-0.4, -0.2) is 15.8 Å². The van der Waals surface area contributed by atoms with E-state index in [1.807, 2.05) is 36.9 Å². The van der Waals surface area contributed by atoms with E-state index in [4.69, 9.17) is 4.99 Å². The molecule has 0 atom stereocenters. The van der Waals surface area contributed by atoms with Gasteiger partial charge >= 0.3 is 0 Å². The van der Waals surface area contributed by atoms with Crippen molar-refractivity contribution in [1.82, 2.24) is 9.78 Å². The number of aryl methyl sites for hydroxylation is 1. The van der Waals surface area contributed by atoms with E-state index in [1.54, 1.807) is 11.3 Å². The second-order valence-electron chi connectivity index (χ2n) is 5.82. The number of nitrogens with zero attached hydrogens (tertiary/aromatic N) is 4. The zero-order chi connectivity index (χ0) is 15.5. The third-order valence-electron chi connectivity index (χ3n) is 4.26. The fraction of sp³-hybridized carbons (Fsp3) is 0.471. The molecule has 0 radical (unpaired) electrons. The number of benzene rings is 1. The first-order valence-corrected chi connectivity index (χ1v) is 8.59. The third kappa shape index (κ3) is 2.97. The van der Waals surface area contributed by atoms with E-state index < -0.39 is 0 Å². The van der Waals surface area contributed by atoms with Gasteiger partial charge in [0.1, 0.15) is 5.01 Å². The van der Waals surface area contributed by atoms with Crippen molar-refractivity contribution in [3.8, 4) is 16.6 Å². The molecule has 0 N–H and O–H groups in total. The molecule has 1 aliphatic rings. The Labute approximate surface area is 134 Å². The average molecular weight is 312 g/mol. The summed E-state index contributed by atoms with van der Waals surface area (Å²) in [6.07, 6.45) is 6.29. The van der Waals surface area contributed by atoms with Gasteiger partial charge in [0.25, 0.3) is 0 Å². The van der Waals surface area contributed by atoms with Gasteiger partial charge in [0.15, 0.2) is 0 Å². The first-order valence-electron chi connectivity index (χ1n) is 7.77. The van der Waals surface area contributed by atoms with Gasteiger partial charge < -0.3 is 0 Å². The van der Waals surface area contributed by atoms with E-state index in [-0.39, 0.29) is 0 Å². The van der Waals surface area contributed by atoms with Crippen LogP contribution in [0, 0.1) is 18.3 Å². The molecule has 1 heterocycles. The highest BCUT2D eigenvalue weighted by molar-refractivity contribution is 7.12. The monoisotopic (exact) mass is 312 g/mol. The fourth-order valence-electron chi connectivity index (χ4n) is 2.93.